The Morgan fingerprint density at radius 1 is 1.20 bits per heavy atom. The minimum Gasteiger partial charge on any atom is -0.478 e. The number of hydrogen-bond acceptors (Lipinski definition) is 2. The number of carboxylic acid groups (broad SMARTS) is 1. The molecule has 20 heavy (non-hydrogen) atoms. The van der Waals surface area contributed by atoms with E-state index < -0.39 is 5.97 Å². The Labute approximate surface area is 120 Å². The van der Waals surface area contributed by atoms with Gasteiger partial charge in [-0.05, 0) is 57.1 Å². The molecule has 0 heterocycles. The molecule has 0 unspecified atom stereocenters. The van der Waals surface area contributed by atoms with E-state index in [1.54, 1.807) is 17.7 Å². The molecule has 1 aliphatic rings. The fourth-order valence-corrected chi connectivity index (χ4v) is 2.66. The number of hydrogen-bond donors (Lipinski definition) is 2. The average molecular weight is 273 g/mol. The summed E-state index contributed by atoms with van der Waals surface area (Å²) in [4.78, 5) is 11.1. The number of aromatic carboxylic acids is 1. The van der Waals surface area contributed by atoms with E-state index in [1.807, 2.05) is 12.1 Å². The van der Waals surface area contributed by atoms with Gasteiger partial charge < -0.3 is 10.4 Å². The van der Waals surface area contributed by atoms with Gasteiger partial charge in [0, 0.05) is 12.2 Å². The van der Waals surface area contributed by atoms with Crippen LogP contribution in [0.4, 0.5) is 5.69 Å². The van der Waals surface area contributed by atoms with Crippen molar-refractivity contribution in [2.24, 2.45) is 0 Å². The van der Waals surface area contributed by atoms with Crippen molar-refractivity contribution >= 4 is 11.7 Å². The lowest BCUT2D eigenvalue weighted by Crippen LogP contribution is -2.07. The van der Waals surface area contributed by atoms with E-state index in [-0.39, 0.29) is 0 Å². The summed E-state index contributed by atoms with van der Waals surface area (Å²) in [7, 11) is 0. The summed E-state index contributed by atoms with van der Waals surface area (Å²) in [6, 6.07) is 7.08. The molecule has 108 valence electrons. The van der Waals surface area contributed by atoms with Crippen molar-refractivity contribution in [3.63, 3.8) is 0 Å². The van der Waals surface area contributed by atoms with Crippen LogP contribution in [0.3, 0.4) is 0 Å². The lowest BCUT2D eigenvalue weighted by Gasteiger charge is -2.13. The summed E-state index contributed by atoms with van der Waals surface area (Å²) < 4.78 is 0. The summed E-state index contributed by atoms with van der Waals surface area (Å²) in [6.45, 7) is 0.831. The number of carbonyl (C=O) groups is 1. The molecule has 0 radical (unpaired) electrons. The van der Waals surface area contributed by atoms with Gasteiger partial charge in [-0.2, -0.15) is 0 Å². The maximum absolute atomic E-state index is 11.1. The number of anilines is 1. The number of nitrogens with one attached hydrogen (secondary N) is 1. The number of allylic oxidation sites excluding steroid dienone is 2. The first-order chi connectivity index (χ1) is 9.77. The number of para-hydroxylation sites is 1. The predicted octanol–water partition coefficient (Wildman–Crippen LogP) is 4.47. The highest BCUT2D eigenvalue weighted by atomic mass is 16.4. The molecule has 2 N–H and O–H groups in total. The molecule has 0 aliphatic heterocycles. The van der Waals surface area contributed by atoms with Crippen molar-refractivity contribution in [3.8, 4) is 0 Å². The Bertz CT molecular complexity index is 480. The van der Waals surface area contributed by atoms with Gasteiger partial charge in [-0.15, -0.1) is 0 Å². The van der Waals surface area contributed by atoms with Gasteiger partial charge >= 0.3 is 5.97 Å². The molecule has 0 bridgehead atoms. The number of carboxylic acids is 1. The van der Waals surface area contributed by atoms with Crippen LogP contribution in [-0.2, 0) is 0 Å². The predicted molar refractivity (Wildman–Crippen MR) is 82.3 cm³/mol. The molecule has 1 aromatic carbocycles. The summed E-state index contributed by atoms with van der Waals surface area (Å²) in [5.74, 6) is -0.875. The highest BCUT2D eigenvalue weighted by Gasteiger charge is 2.08. The van der Waals surface area contributed by atoms with E-state index >= 15 is 0 Å². The van der Waals surface area contributed by atoms with E-state index in [0.717, 1.165) is 18.7 Å². The molecule has 0 atom stereocenters. The average Bonchev–Trinajstić information content (AvgIpc) is 2.48. The van der Waals surface area contributed by atoms with Gasteiger partial charge in [0.05, 0.1) is 5.56 Å². The molecule has 0 saturated heterocycles. The van der Waals surface area contributed by atoms with Crippen molar-refractivity contribution < 1.29 is 9.90 Å². The summed E-state index contributed by atoms with van der Waals surface area (Å²) in [5, 5.41) is 12.3. The molecule has 1 aromatic rings. The van der Waals surface area contributed by atoms with Gasteiger partial charge in [0.1, 0.15) is 0 Å². The molecule has 2 rings (SSSR count). The van der Waals surface area contributed by atoms with Crippen LogP contribution in [0.15, 0.2) is 35.9 Å². The van der Waals surface area contributed by atoms with E-state index in [2.05, 4.69) is 11.4 Å². The molecule has 1 aliphatic carbocycles. The van der Waals surface area contributed by atoms with Crippen molar-refractivity contribution in [2.75, 3.05) is 11.9 Å². The van der Waals surface area contributed by atoms with E-state index in [0.29, 0.717) is 5.56 Å². The number of benzene rings is 1. The number of rotatable bonds is 7. The molecule has 0 saturated carbocycles. The second kappa shape index (κ2) is 7.73. The van der Waals surface area contributed by atoms with E-state index in [4.69, 9.17) is 5.11 Å². The molecular formula is C17H23NO2. The summed E-state index contributed by atoms with van der Waals surface area (Å²) >= 11 is 0. The lowest BCUT2D eigenvalue weighted by atomic mass is 9.95. The standard InChI is InChI=1S/C17H23NO2/c19-17(20)15-11-4-5-12-16(15)18-13-7-6-10-14-8-2-1-3-9-14/h4-5,8,11-12,18H,1-3,6-7,9-10,13H2,(H,19,20). The maximum atomic E-state index is 11.1. The second-order valence-corrected chi connectivity index (χ2v) is 5.34. The topological polar surface area (TPSA) is 49.3 Å². The minimum atomic E-state index is -0.875. The van der Waals surface area contributed by atoms with Crippen LogP contribution in [0.25, 0.3) is 0 Å². The first-order valence-electron chi connectivity index (χ1n) is 7.51. The lowest BCUT2D eigenvalue weighted by molar-refractivity contribution is 0.0698. The fourth-order valence-electron chi connectivity index (χ4n) is 2.66. The van der Waals surface area contributed by atoms with E-state index in [1.165, 1.54) is 38.5 Å². The zero-order valence-electron chi connectivity index (χ0n) is 11.9. The zero-order chi connectivity index (χ0) is 14.2. The molecule has 0 amide bonds. The molecule has 3 nitrogen and oxygen atoms in total. The third-order valence-electron chi connectivity index (χ3n) is 3.78. The van der Waals surface area contributed by atoms with Gasteiger partial charge in [0.25, 0.3) is 0 Å². The quantitative estimate of drug-likeness (QED) is 0.569. The normalized spacial score (nSPS) is 14.7. The first kappa shape index (κ1) is 14.6. The maximum Gasteiger partial charge on any atom is 0.337 e. The molecular weight excluding hydrogens is 250 g/mol. The SMILES string of the molecule is O=C(O)c1ccccc1NCCCCC1=CCCCC1. The third kappa shape index (κ3) is 4.41. The van der Waals surface area contributed by atoms with Crippen LogP contribution in [0.2, 0.25) is 0 Å². The monoisotopic (exact) mass is 273 g/mol. The van der Waals surface area contributed by atoms with E-state index in [9.17, 15) is 4.79 Å². The smallest absolute Gasteiger partial charge is 0.337 e. The highest BCUT2D eigenvalue weighted by Crippen LogP contribution is 2.22. The third-order valence-corrected chi connectivity index (χ3v) is 3.78. The fraction of sp³-hybridized carbons (Fsp3) is 0.471. The summed E-state index contributed by atoms with van der Waals surface area (Å²) in [6.07, 6.45) is 11.1. The molecule has 3 heteroatoms. The van der Waals surface area contributed by atoms with Crippen LogP contribution in [0.5, 0.6) is 0 Å². The molecule has 0 spiro atoms. The van der Waals surface area contributed by atoms with Crippen molar-refractivity contribution in [2.45, 2.75) is 44.9 Å². The molecule has 0 fully saturated rings. The van der Waals surface area contributed by atoms with Gasteiger partial charge in [0.2, 0.25) is 0 Å². The van der Waals surface area contributed by atoms with Crippen LogP contribution < -0.4 is 5.32 Å². The second-order valence-electron chi connectivity index (χ2n) is 5.34. The minimum absolute atomic E-state index is 0.350. The zero-order valence-corrected chi connectivity index (χ0v) is 11.9. The van der Waals surface area contributed by atoms with Crippen molar-refractivity contribution in [1.82, 2.24) is 0 Å². The van der Waals surface area contributed by atoms with Crippen molar-refractivity contribution in [1.29, 1.82) is 0 Å². The van der Waals surface area contributed by atoms with Crippen LogP contribution in [0, 0.1) is 0 Å². The summed E-state index contributed by atoms with van der Waals surface area (Å²) in [5.41, 5.74) is 2.68. The van der Waals surface area contributed by atoms with Crippen LogP contribution in [-0.4, -0.2) is 17.6 Å². The Balaban J connectivity index is 1.71. The van der Waals surface area contributed by atoms with Gasteiger partial charge in [-0.1, -0.05) is 23.8 Å². The number of unbranched alkanes of at least 4 members (excludes halogenated alkanes) is 1. The Hall–Kier alpha value is -1.77. The van der Waals surface area contributed by atoms with Crippen LogP contribution in [0.1, 0.15) is 55.3 Å². The Kier molecular flexibility index (Phi) is 5.66. The Morgan fingerprint density at radius 3 is 2.80 bits per heavy atom. The van der Waals surface area contributed by atoms with Crippen LogP contribution >= 0.6 is 0 Å². The van der Waals surface area contributed by atoms with Gasteiger partial charge in [-0.25, -0.2) is 4.79 Å². The van der Waals surface area contributed by atoms with Crippen molar-refractivity contribution in [3.05, 3.63) is 41.5 Å². The first-order valence-corrected chi connectivity index (χ1v) is 7.51. The largest absolute Gasteiger partial charge is 0.478 e. The highest BCUT2D eigenvalue weighted by molar-refractivity contribution is 5.94. The van der Waals surface area contributed by atoms with Gasteiger partial charge in [-0.3, -0.25) is 0 Å². The molecule has 0 aromatic heterocycles. The van der Waals surface area contributed by atoms with Gasteiger partial charge in [0.15, 0.2) is 0 Å². The Morgan fingerprint density at radius 2 is 2.05 bits per heavy atom.